The van der Waals surface area contributed by atoms with E-state index in [0.717, 1.165) is 71.5 Å². The topological polar surface area (TPSA) is 362 Å². The predicted molar refractivity (Wildman–Crippen MR) is 324 cm³/mol. The molecule has 0 spiro atoms. The van der Waals surface area contributed by atoms with Crippen molar-refractivity contribution in [3.05, 3.63) is 113 Å². The summed E-state index contributed by atoms with van der Waals surface area (Å²) in [6.07, 6.45) is 2.19. The molecule has 3 aliphatic heterocycles. The first kappa shape index (κ1) is 62.5. The summed E-state index contributed by atoms with van der Waals surface area (Å²) in [5, 5.41) is 65.7. The molecule has 27 nitrogen and oxygen atoms in total. The van der Waals surface area contributed by atoms with Crippen molar-refractivity contribution >= 4 is 74.2 Å². The SMILES string of the molecule is Cc1c(-c2ccc(N3CCn4cnc(C(=O)Nc5nc6ccccc6s5)c4C3)nc2C(=O)O)cnn1CC12CC3(C)CC(C)(C1)CC(OCCNC(=O)OCc1ccc(CCCCNC(=O)CN4C(=O)C=CC4=O)cc1O[C@@H]1O[C@H](C(=O)O)[C@@H](O)[C@H](O)[C@H]1O)(C3)C2. The largest absolute Gasteiger partial charge is 0.479 e. The highest BCUT2D eigenvalue weighted by molar-refractivity contribution is 7.22. The van der Waals surface area contributed by atoms with Crippen LogP contribution in [0.5, 0.6) is 5.75 Å². The lowest BCUT2D eigenvalue weighted by atomic mass is 9.39. The molecule has 6 aromatic rings. The normalized spacial score (nSPS) is 26.5. The Balaban J connectivity index is 0.666. The lowest BCUT2D eigenvalue weighted by Gasteiger charge is -2.69. The number of amides is 5. The number of anilines is 2. The molecular weight excluding hydrogens is 1200 g/mol. The van der Waals surface area contributed by atoms with Gasteiger partial charge in [0.15, 0.2) is 22.6 Å². The monoisotopic (exact) mass is 1270 g/mol. The van der Waals surface area contributed by atoms with Crippen molar-refractivity contribution in [1.29, 1.82) is 0 Å². The summed E-state index contributed by atoms with van der Waals surface area (Å²) in [6.45, 7) is 8.26. The molecule has 4 bridgehead atoms. The number of nitrogens with one attached hydrogen (secondary N) is 3. The van der Waals surface area contributed by atoms with E-state index >= 15 is 0 Å². The number of hydrogen-bond donors (Lipinski definition) is 8. The number of nitrogens with zero attached hydrogens (tertiary/aromatic N) is 8. The van der Waals surface area contributed by atoms with E-state index in [0.29, 0.717) is 77.8 Å². The third kappa shape index (κ3) is 13.0. The number of aryl methyl sites for hydroxylation is 1. The maximum atomic E-state index is 13.6. The molecule has 1 saturated heterocycles. The molecule has 4 saturated carbocycles. The number of imide groups is 1. The van der Waals surface area contributed by atoms with Gasteiger partial charge in [0.2, 0.25) is 12.2 Å². The summed E-state index contributed by atoms with van der Waals surface area (Å²) in [7, 11) is 0. The van der Waals surface area contributed by atoms with Crippen molar-refractivity contribution in [2.75, 3.05) is 43.0 Å². The second-order valence-electron chi connectivity index (χ2n) is 25.7. The number of para-hydroxylation sites is 1. The number of rotatable bonds is 23. The molecule has 4 aliphatic carbocycles. The van der Waals surface area contributed by atoms with E-state index in [1.54, 1.807) is 42.9 Å². The number of carbonyl (C=O) groups excluding carboxylic acids is 5. The summed E-state index contributed by atoms with van der Waals surface area (Å²) < 4.78 is 28.8. The van der Waals surface area contributed by atoms with Crippen molar-refractivity contribution in [2.45, 2.75) is 141 Å². The molecule has 0 radical (unpaired) electrons. The predicted octanol–water partition coefficient (Wildman–Crippen LogP) is 4.73. The average Bonchev–Trinajstić information content (AvgIpc) is 1.13. The zero-order valence-corrected chi connectivity index (χ0v) is 51.1. The first-order valence-electron chi connectivity index (χ1n) is 30.3. The third-order valence-electron chi connectivity index (χ3n) is 18.3. The fraction of sp³-hybridized carbons (Fsp3) is 0.476. The summed E-state index contributed by atoms with van der Waals surface area (Å²) in [4.78, 5) is 104. The van der Waals surface area contributed by atoms with Crippen LogP contribution in [-0.4, -0.2) is 170 Å². The molecule has 7 atom stereocenters. The van der Waals surface area contributed by atoms with Crippen LogP contribution < -0.4 is 25.6 Å². The summed E-state index contributed by atoms with van der Waals surface area (Å²) in [5.74, 6) is -4.32. The van der Waals surface area contributed by atoms with Gasteiger partial charge in [-0.3, -0.25) is 34.1 Å². The smallest absolute Gasteiger partial charge is 0.407 e. The number of fused-ring (bicyclic) bond motifs is 2. The van der Waals surface area contributed by atoms with Crippen LogP contribution in [0.15, 0.2) is 79.3 Å². The Labute approximate surface area is 525 Å². The van der Waals surface area contributed by atoms with Gasteiger partial charge in [-0.2, -0.15) is 5.10 Å². The molecule has 7 heterocycles. The van der Waals surface area contributed by atoms with E-state index in [-0.39, 0.29) is 72.1 Å². The maximum Gasteiger partial charge on any atom is 0.407 e. The van der Waals surface area contributed by atoms with Crippen LogP contribution in [0.4, 0.5) is 15.7 Å². The number of alkyl carbamates (subject to hydrolysis) is 1. The lowest BCUT2D eigenvalue weighted by Crippen LogP contribution is -2.64. The van der Waals surface area contributed by atoms with Gasteiger partial charge in [-0.1, -0.05) is 49.4 Å². The summed E-state index contributed by atoms with van der Waals surface area (Å²) in [5.41, 5.74) is 3.69. The molecular formula is C63H71N11O16S. The number of unbranched alkanes of at least 4 members (excludes halogenated alkanes) is 1. The van der Waals surface area contributed by atoms with Crippen LogP contribution in [0.25, 0.3) is 21.3 Å². The third-order valence-corrected chi connectivity index (χ3v) is 19.3. The number of thiazole rings is 1. The number of aliphatic hydroxyl groups excluding tert-OH is 3. The first-order chi connectivity index (χ1) is 43.5. The van der Waals surface area contributed by atoms with Gasteiger partial charge in [-0.05, 0) is 117 Å². The first-order valence-corrected chi connectivity index (χ1v) is 31.1. The van der Waals surface area contributed by atoms with E-state index in [1.807, 2.05) is 45.3 Å². The van der Waals surface area contributed by atoms with Crippen LogP contribution in [-0.2, 0) is 66.1 Å². The van der Waals surface area contributed by atoms with Gasteiger partial charge in [0.25, 0.3) is 17.7 Å². The Morgan fingerprint density at radius 2 is 1.59 bits per heavy atom. The van der Waals surface area contributed by atoms with Crippen molar-refractivity contribution in [3.63, 3.8) is 0 Å². The standard InChI is InChI=1S/C63H71N11O16S/c1-35-39(38-13-14-44(69-48(38)55(82)83)71-19-20-72-34-66-49(41(72)24-71)54(81)70-58-68-40-9-4-5-10-43(40)91-58)23-67-74(35)33-62-28-60(2)27-61(3,29-62)31-63(30-60,32-62)88-21-18-65-59(86)87-26-37-12-11-36(8-6-7-17-64-45(75)25-73-46(76)15-16-47(73)77)22-42(37)89-57-52(80)50(78)51(79)53(90-57)56(84)85/h4-5,9-16,22-23,34,50-53,57,78-80H,6-8,17-21,24-33H2,1-3H3,(H,64,75)(H,65,86)(H,82,83)(H,84,85)(H,68,70,81)/t50-,51-,52+,53-,57+,60?,61?,62?,63?/m0/s1. The Bertz CT molecular complexity index is 3830. The molecule has 2 unspecified atom stereocenters. The zero-order valence-electron chi connectivity index (χ0n) is 50.3. The number of aliphatic carboxylic acids is 1. The van der Waals surface area contributed by atoms with Gasteiger partial charge in [-0.25, -0.2) is 29.3 Å². The number of carboxylic acid groups (broad SMARTS) is 2. The molecule has 2 aromatic carbocycles. The number of carboxylic acids is 2. The van der Waals surface area contributed by atoms with Crippen LogP contribution in [0, 0.1) is 23.2 Å². The van der Waals surface area contributed by atoms with Gasteiger partial charge in [0, 0.05) is 67.3 Å². The number of carbonyl (C=O) groups is 7. The summed E-state index contributed by atoms with van der Waals surface area (Å²) >= 11 is 1.37. The van der Waals surface area contributed by atoms with Gasteiger partial charge in [-0.15, -0.1) is 0 Å². The van der Waals surface area contributed by atoms with E-state index in [9.17, 15) is 59.1 Å². The molecule has 91 heavy (non-hydrogen) atoms. The van der Waals surface area contributed by atoms with E-state index < -0.39 is 78.6 Å². The fourth-order valence-corrected chi connectivity index (χ4v) is 16.3. The lowest BCUT2D eigenvalue weighted by molar-refractivity contribution is -0.271. The highest BCUT2D eigenvalue weighted by Gasteiger charge is 2.66. The second kappa shape index (κ2) is 24.8. The second-order valence-corrected chi connectivity index (χ2v) is 26.7. The molecule has 480 valence electrons. The van der Waals surface area contributed by atoms with Crippen LogP contribution in [0.1, 0.15) is 109 Å². The molecule has 4 aromatic heterocycles. The number of benzene rings is 2. The maximum absolute atomic E-state index is 13.6. The Morgan fingerprint density at radius 1 is 0.824 bits per heavy atom. The minimum absolute atomic E-state index is 0.0350. The van der Waals surface area contributed by atoms with E-state index in [2.05, 4.69) is 39.8 Å². The number of aromatic nitrogens is 6. The van der Waals surface area contributed by atoms with Gasteiger partial charge < -0.3 is 64.6 Å². The molecule has 13 rings (SSSR count). The Kier molecular flexibility index (Phi) is 17.1. The number of ether oxygens (including phenoxy) is 4. The van der Waals surface area contributed by atoms with Crippen molar-refractivity contribution in [1.82, 2.24) is 44.8 Å². The summed E-state index contributed by atoms with van der Waals surface area (Å²) in [6, 6.07) is 16.2. The molecule has 5 amide bonds. The molecule has 7 aliphatic rings. The zero-order chi connectivity index (χ0) is 64.1. The van der Waals surface area contributed by atoms with Gasteiger partial charge >= 0.3 is 18.0 Å². The van der Waals surface area contributed by atoms with Crippen molar-refractivity contribution in [2.24, 2.45) is 16.2 Å². The van der Waals surface area contributed by atoms with Crippen molar-refractivity contribution < 1.29 is 78.0 Å². The average molecular weight is 1270 g/mol. The molecule has 5 fully saturated rings. The Hall–Kier alpha value is -8.67. The van der Waals surface area contributed by atoms with Gasteiger partial charge in [0.1, 0.15) is 43.0 Å². The van der Waals surface area contributed by atoms with Crippen molar-refractivity contribution in [3.8, 4) is 16.9 Å². The quantitative estimate of drug-likeness (QED) is 0.0317. The number of pyridine rings is 1. The number of imidazole rings is 1. The van der Waals surface area contributed by atoms with E-state index in [1.165, 1.54) is 11.3 Å². The minimum Gasteiger partial charge on any atom is -0.479 e. The van der Waals surface area contributed by atoms with Crippen LogP contribution in [0.2, 0.25) is 0 Å². The molecule has 8 N–H and O–H groups in total. The highest BCUT2D eigenvalue weighted by Crippen LogP contribution is 2.72. The Morgan fingerprint density at radius 3 is 2.34 bits per heavy atom. The van der Waals surface area contributed by atoms with E-state index in [4.69, 9.17) is 29.0 Å². The van der Waals surface area contributed by atoms with Gasteiger partial charge in [0.05, 0.1) is 47.2 Å². The number of aromatic carboxylic acids is 1. The number of aliphatic hydroxyl groups is 3. The van der Waals surface area contributed by atoms with Crippen LogP contribution >= 0.6 is 11.3 Å². The number of hydrogen-bond acceptors (Lipinski definition) is 20. The molecule has 28 heteroatoms. The van der Waals surface area contributed by atoms with Crippen LogP contribution in [0.3, 0.4) is 0 Å². The highest BCUT2D eigenvalue weighted by atomic mass is 32.1. The fourth-order valence-electron chi connectivity index (χ4n) is 15.4. The minimum atomic E-state index is -1.95.